The second kappa shape index (κ2) is 10.7. The number of rotatable bonds is 6. The lowest BCUT2D eigenvalue weighted by Crippen LogP contribution is -2.49. The van der Waals surface area contributed by atoms with Gasteiger partial charge in [-0.2, -0.15) is 0 Å². The Morgan fingerprint density at radius 2 is 1.24 bits per heavy atom. The van der Waals surface area contributed by atoms with Gasteiger partial charge in [-0.05, 0) is 98.0 Å². The quantitative estimate of drug-likeness (QED) is 0.177. The zero-order valence-corrected chi connectivity index (χ0v) is 27.5. The number of pyridine rings is 2. The molecule has 1 unspecified atom stereocenters. The smallest absolute Gasteiger partial charge is 0.192 e. The van der Waals surface area contributed by atoms with Crippen LogP contribution in [-0.4, -0.2) is 0 Å². The standard InChI is InChI=1S/C42H42N2O/c1-28-15-8-11-19-35(28)41(3,4)39-21-14-18-32(44(39)7)27-42(5,40-20-12-13-22-43(40)6)36-26-34-33-24-30-16-9-10-17-31(30)25-38(33)45-37(34)23-29(36)2/h8-26H,27H2,1-7H3/q+2. The van der Waals surface area contributed by atoms with E-state index in [-0.39, 0.29) is 10.8 Å². The van der Waals surface area contributed by atoms with Crippen molar-refractivity contribution in [2.75, 3.05) is 0 Å². The average Bonchev–Trinajstić information content (AvgIpc) is 3.36. The van der Waals surface area contributed by atoms with Crippen molar-refractivity contribution in [3.63, 3.8) is 0 Å². The van der Waals surface area contributed by atoms with Gasteiger partial charge in [-0.1, -0.05) is 54.6 Å². The summed E-state index contributed by atoms with van der Waals surface area (Å²) in [6.07, 6.45) is 3.00. The Labute approximate surface area is 266 Å². The lowest BCUT2D eigenvalue weighted by Gasteiger charge is -2.30. The van der Waals surface area contributed by atoms with Gasteiger partial charge in [0.05, 0.1) is 17.3 Å². The molecular formula is C42H42N2O+2. The van der Waals surface area contributed by atoms with Crippen molar-refractivity contribution >= 4 is 32.7 Å². The van der Waals surface area contributed by atoms with Gasteiger partial charge in [-0.15, -0.1) is 0 Å². The van der Waals surface area contributed by atoms with Crippen molar-refractivity contribution in [3.8, 4) is 0 Å². The van der Waals surface area contributed by atoms with Crippen LogP contribution in [0, 0.1) is 13.8 Å². The first-order valence-electron chi connectivity index (χ1n) is 15.9. The molecule has 0 aliphatic rings. The van der Waals surface area contributed by atoms with Crippen molar-refractivity contribution in [1.29, 1.82) is 0 Å². The summed E-state index contributed by atoms with van der Waals surface area (Å²) >= 11 is 0. The molecule has 0 saturated heterocycles. The molecule has 0 radical (unpaired) electrons. The van der Waals surface area contributed by atoms with Crippen LogP contribution in [-0.2, 0) is 31.3 Å². The van der Waals surface area contributed by atoms with Crippen LogP contribution in [0.15, 0.2) is 120 Å². The van der Waals surface area contributed by atoms with Gasteiger partial charge in [0.25, 0.3) is 0 Å². The zero-order chi connectivity index (χ0) is 31.5. The van der Waals surface area contributed by atoms with E-state index in [1.807, 2.05) is 0 Å². The molecule has 0 amide bonds. The number of hydrogen-bond donors (Lipinski definition) is 0. The lowest BCUT2D eigenvalue weighted by atomic mass is 9.72. The van der Waals surface area contributed by atoms with Gasteiger partial charge in [0.1, 0.15) is 25.3 Å². The van der Waals surface area contributed by atoms with E-state index < -0.39 is 0 Å². The summed E-state index contributed by atoms with van der Waals surface area (Å²) in [6, 6.07) is 39.8. The minimum atomic E-state index is -0.322. The van der Waals surface area contributed by atoms with Crippen molar-refractivity contribution in [2.45, 2.75) is 51.9 Å². The molecule has 3 aromatic heterocycles. The topological polar surface area (TPSA) is 20.9 Å². The van der Waals surface area contributed by atoms with Crippen LogP contribution >= 0.6 is 0 Å². The first-order valence-corrected chi connectivity index (χ1v) is 15.9. The second-order valence-electron chi connectivity index (χ2n) is 13.6. The number of nitrogens with zero attached hydrogens (tertiary/aromatic N) is 2. The Morgan fingerprint density at radius 1 is 0.600 bits per heavy atom. The maximum absolute atomic E-state index is 6.47. The van der Waals surface area contributed by atoms with Crippen LogP contribution in [0.2, 0.25) is 0 Å². The molecule has 4 aromatic carbocycles. The van der Waals surface area contributed by atoms with Crippen molar-refractivity contribution < 1.29 is 13.6 Å². The third kappa shape index (κ3) is 4.73. The third-order valence-electron chi connectivity index (χ3n) is 10.2. The van der Waals surface area contributed by atoms with Crippen LogP contribution in [0.4, 0.5) is 0 Å². The Bertz CT molecular complexity index is 2240. The molecule has 0 spiro atoms. The van der Waals surface area contributed by atoms with Crippen LogP contribution in [0.3, 0.4) is 0 Å². The van der Waals surface area contributed by atoms with Gasteiger partial charge in [0, 0.05) is 35.0 Å². The zero-order valence-electron chi connectivity index (χ0n) is 27.5. The van der Waals surface area contributed by atoms with E-state index in [1.165, 1.54) is 55.5 Å². The number of benzene rings is 4. The summed E-state index contributed by atoms with van der Waals surface area (Å²) in [7, 11) is 4.40. The molecule has 7 rings (SSSR count). The fourth-order valence-corrected chi connectivity index (χ4v) is 7.83. The number of hydrogen-bond acceptors (Lipinski definition) is 1. The van der Waals surface area contributed by atoms with Gasteiger partial charge in [0.15, 0.2) is 23.3 Å². The summed E-state index contributed by atoms with van der Waals surface area (Å²) in [6.45, 7) is 11.5. The molecular weight excluding hydrogens is 548 g/mol. The Kier molecular flexibility index (Phi) is 6.89. The Hall–Kier alpha value is -4.76. The van der Waals surface area contributed by atoms with Crippen molar-refractivity contribution in [1.82, 2.24) is 0 Å². The lowest BCUT2D eigenvalue weighted by molar-refractivity contribution is -0.692. The Balaban J connectivity index is 1.43. The van der Waals surface area contributed by atoms with Crippen LogP contribution in [0.25, 0.3) is 32.7 Å². The third-order valence-corrected chi connectivity index (χ3v) is 10.2. The molecule has 3 heteroatoms. The largest absolute Gasteiger partial charge is 0.456 e. The summed E-state index contributed by atoms with van der Waals surface area (Å²) in [5.74, 6) is 0. The van der Waals surface area contributed by atoms with E-state index in [0.717, 1.165) is 23.0 Å². The molecule has 7 aromatic rings. The molecule has 0 aliphatic carbocycles. The minimum absolute atomic E-state index is 0.156. The molecule has 3 heterocycles. The highest BCUT2D eigenvalue weighted by molar-refractivity contribution is 6.10. The van der Waals surface area contributed by atoms with Gasteiger partial charge in [-0.3, -0.25) is 0 Å². The molecule has 45 heavy (non-hydrogen) atoms. The van der Waals surface area contributed by atoms with Crippen LogP contribution in [0.1, 0.15) is 60.1 Å². The van der Waals surface area contributed by atoms with Gasteiger partial charge < -0.3 is 4.42 Å². The van der Waals surface area contributed by atoms with Gasteiger partial charge >= 0.3 is 0 Å². The molecule has 0 aliphatic heterocycles. The molecule has 0 saturated carbocycles. The molecule has 3 nitrogen and oxygen atoms in total. The van der Waals surface area contributed by atoms with Crippen LogP contribution < -0.4 is 9.13 Å². The minimum Gasteiger partial charge on any atom is -0.456 e. The number of aryl methyl sites for hydroxylation is 3. The van der Waals surface area contributed by atoms with E-state index in [0.29, 0.717) is 0 Å². The number of aromatic nitrogens is 2. The maximum Gasteiger partial charge on any atom is 0.192 e. The van der Waals surface area contributed by atoms with E-state index >= 15 is 0 Å². The molecule has 224 valence electrons. The summed E-state index contributed by atoms with van der Waals surface area (Å²) in [5.41, 5.74) is 10.5. The number of fused-ring (bicyclic) bond motifs is 4. The SMILES string of the molecule is Cc1ccccc1C(C)(C)c1cccc(CC(C)(c2cc3c(cc2C)oc2cc4ccccc4cc23)c2cccc[n+]2C)[n+]1C. The van der Waals surface area contributed by atoms with E-state index in [2.05, 4.69) is 173 Å². The van der Waals surface area contributed by atoms with Gasteiger partial charge in [0.2, 0.25) is 0 Å². The first-order chi connectivity index (χ1) is 21.6. The van der Waals surface area contributed by atoms with Crippen LogP contribution in [0.5, 0.6) is 0 Å². The summed E-state index contributed by atoms with van der Waals surface area (Å²) in [5, 5.41) is 4.76. The predicted molar refractivity (Wildman–Crippen MR) is 185 cm³/mol. The summed E-state index contributed by atoms with van der Waals surface area (Å²) < 4.78 is 11.2. The van der Waals surface area contributed by atoms with E-state index in [4.69, 9.17) is 4.42 Å². The highest BCUT2D eigenvalue weighted by Gasteiger charge is 2.41. The molecule has 0 fully saturated rings. The van der Waals surface area contributed by atoms with Gasteiger partial charge in [-0.25, -0.2) is 9.13 Å². The summed E-state index contributed by atoms with van der Waals surface area (Å²) in [4.78, 5) is 0. The predicted octanol–water partition coefficient (Wildman–Crippen LogP) is 8.88. The normalized spacial score (nSPS) is 13.5. The van der Waals surface area contributed by atoms with Crippen molar-refractivity contribution in [3.05, 3.63) is 155 Å². The fraction of sp³-hybridized carbons (Fsp3) is 0.238. The molecule has 0 N–H and O–H groups in total. The number of furan rings is 1. The first kappa shape index (κ1) is 29.0. The molecule has 1 atom stereocenters. The monoisotopic (exact) mass is 590 g/mol. The maximum atomic E-state index is 6.47. The highest BCUT2D eigenvalue weighted by Crippen LogP contribution is 2.41. The van der Waals surface area contributed by atoms with Crippen molar-refractivity contribution in [2.24, 2.45) is 14.1 Å². The highest BCUT2D eigenvalue weighted by atomic mass is 16.3. The van der Waals surface area contributed by atoms with E-state index in [9.17, 15) is 0 Å². The second-order valence-corrected chi connectivity index (χ2v) is 13.6. The Morgan fingerprint density at radius 3 is 2.00 bits per heavy atom. The van der Waals surface area contributed by atoms with E-state index in [1.54, 1.807) is 0 Å². The average molecular weight is 591 g/mol. The molecule has 0 bridgehead atoms. The fourth-order valence-electron chi connectivity index (χ4n) is 7.83.